The molecule has 1 aromatic carbocycles. The van der Waals surface area contributed by atoms with Gasteiger partial charge in [0, 0.05) is 37.4 Å². The maximum absolute atomic E-state index is 13.4. The molecule has 29 heavy (non-hydrogen) atoms. The van der Waals surface area contributed by atoms with Gasteiger partial charge in [-0.1, -0.05) is 38.3 Å². The van der Waals surface area contributed by atoms with Crippen molar-refractivity contribution in [3.05, 3.63) is 29.3 Å². The second-order valence-corrected chi connectivity index (χ2v) is 8.89. The van der Waals surface area contributed by atoms with Crippen LogP contribution in [-0.4, -0.2) is 71.8 Å². The van der Waals surface area contributed by atoms with Crippen molar-refractivity contribution in [3.8, 4) is 0 Å². The predicted octanol–water partition coefficient (Wildman–Crippen LogP) is 2.76. The Balaban J connectivity index is 1.61. The van der Waals surface area contributed by atoms with Gasteiger partial charge in [0.05, 0.1) is 0 Å². The fraction of sp³-hybridized carbons (Fsp3) is 0.619. The van der Waals surface area contributed by atoms with Crippen LogP contribution in [-0.2, 0) is 4.79 Å². The summed E-state index contributed by atoms with van der Waals surface area (Å²) in [6.45, 7) is 6.51. The highest BCUT2D eigenvalue weighted by Gasteiger charge is 2.56. The Bertz CT molecular complexity index is 773. The first-order chi connectivity index (χ1) is 13.9. The van der Waals surface area contributed by atoms with Crippen LogP contribution in [0.5, 0.6) is 0 Å². The molecule has 0 aromatic heterocycles. The molecule has 1 N–H and O–H groups in total. The summed E-state index contributed by atoms with van der Waals surface area (Å²) in [5, 5.41) is 4.25. The van der Waals surface area contributed by atoms with Crippen molar-refractivity contribution >= 4 is 29.2 Å². The van der Waals surface area contributed by atoms with Gasteiger partial charge < -0.3 is 9.80 Å². The number of nitrogens with one attached hydrogen (secondary N) is 1. The Morgan fingerprint density at radius 2 is 1.86 bits per heavy atom. The van der Waals surface area contributed by atoms with Crippen molar-refractivity contribution in [1.29, 1.82) is 0 Å². The van der Waals surface area contributed by atoms with Crippen molar-refractivity contribution in [2.45, 2.75) is 51.6 Å². The van der Waals surface area contributed by atoms with E-state index in [4.69, 9.17) is 11.6 Å². The molecule has 0 saturated carbocycles. The van der Waals surface area contributed by atoms with Gasteiger partial charge in [0.2, 0.25) is 0 Å². The molecule has 1 aromatic rings. The summed E-state index contributed by atoms with van der Waals surface area (Å²) < 4.78 is 0. The number of carbonyl (C=O) groups is 2. The lowest BCUT2D eigenvalue weighted by Gasteiger charge is -2.46. The minimum atomic E-state index is -0.359. The minimum absolute atomic E-state index is 0.0747. The van der Waals surface area contributed by atoms with Crippen LogP contribution < -0.4 is 10.2 Å². The van der Waals surface area contributed by atoms with Gasteiger partial charge in [-0.15, -0.1) is 0 Å². The predicted molar refractivity (Wildman–Crippen MR) is 114 cm³/mol. The Morgan fingerprint density at radius 3 is 2.55 bits per heavy atom. The molecule has 4 rings (SSSR count). The van der Waals surface area contributed by atoms with E-state index in [1.54, 1.807) is 11.9 Å². The summed E-state index contributed by atoms with van der Waals surface area (Å²) in [4.78, 5) is 33.9. The Hall–Kier alpha value is -1.83. The lowest BCUT2D eigenvalue weighted by molar-refractivity contribution is -0.138. The number of rotatable bonds is 5. The van der Waals surface area contributed by atoms with Gasteiger partial charge in [0.15, 0.2) is 0 Å². The molecule has 8 heteroatoms. The average Bonchev–Trinajstić information content (AvgIpc) is 3.08. The smallest absolute Gasteiger partial charge is 0.327 e. The van der Waals surface area contributed by atoms with E-state index in [-0.39, 0.29) is 30.4 Å². The number of imide groups is 1. The summed E-state index contributed by atoms with van der Waals surface area (Å²) in [5.74, 6) is 0.320. The van der Waals surface area contributed by atoms with E-state index in [0.717, 1.165) is 38.0 Å². The number of likely N-dealkylation sites (N-methyl/N-ethyl adjacent to an activating group) is 1. The van der Waals surface area contributed by atoms with Crippen molar-refractivity contribution < 1.29 is 9.59 Å². The third-order valence-corrected chi connectivity index (χ3v) is 6.48. The average molecular weight is 420 g/mol. The summed E-state index contributed by atoms with van der Waals surface area (Å²) in [6, 6.07) is 7.23. The lowest BCUT2D eigenvalue weighted by atomic mass is 10.0. The number of hydrogen-bond donors (Lipinski definition) is 1. The minimum Gasteiger partial charge on any atom is -0.343 e. The van der Waals surface area contributed by atoms with Crippen LogP contribution in [0.2, 0.25) is 5.02 Å². The van der Waals surface area contributed by atoms with Gasteiger partial charge >= 0.3 is 6.03 Å². The van der Waals surface area contributed by atoms with Crippen LogP contribution >= 0.6 is 11.6 Å². The number of unbranched alkanes of at least 4 members (excludes halogenated alkanes) is 2. The van der Waals surface area contributed by atoms with E-state index in [2.05, 4.69) is 29.0 Å². The van der Waals surface area contributed by atoms with Gasteiger partial charge in [-0.2, -0.15) is 0 Å². The van der Waals surface area contributed by atoms with Gasteiger partial charge in [0.25, 0.3) is 5.91 Å². The fourth-order valence-electron chi connectivity index (χ4n) is 4.78. The van der Waals surface area contributed by atoms with Crippen LogP contribution in [0.3, 0.4) is 0 Å². The number of fused-ring (bicyclic) bond motifs is 3. The molecule has 0 bridgehead atoms. The van der Waals surface area contributed by atoms with E-state index in [1.807, 2.05) is 24.3 Å². The summed E-state index contributed by atoms with van der Waals surface area (Å²) in [7, 11) is 1.79. The van der Waals surface area contributed by atoms with Gasteiger partial charge in [-0.25, -0.2) is 4.79 Å². The summed E-state index contributed by atoms with van der Waals surface area (Å²) in [5.41, 5.74) is 1.06. The molecular formula is C21H30ClN5O2. The summed E-state index contributed by atoms with van der Waals surface area (Å²) in [6.07, 6.45) is 2.48. The highest BCUT2D eigenvalue weighted by Crippen LogP contribution is 2.34. The normalized spacial score (nSPS) is 30.0. The van der Waals surface area contributed by atoms with Crippen molar-refractivity contribution in [1.82, 2.24) is 20.0 Å². The Labute approximate surface area is 177 Å². The molecule has 4 unspecified atom stereocenters. The van der Waals surface area contributed by atoms with Gasteiger partial charge in [-0.3, -0.25) is 19.9 Å². The lowest BCUT2D eigenvalue weighted by Crippen LogP contribution is -2.66. The van der Waals surface area contributed by atoms with E-state index >= 15 is 0 Å². The van der Waals surface area contributed by atoms with Crippen LogP contribution in [0.25, 0.3) is 0 Å². The third kappa shape index (κ3) is 3.60. The molecule has 4 atom stereocenters. The highest BCUT2D eigenvalue weighted by molar-refractivity contribution is 6.30. The Kier molecular flexibility index (Phi) is 5.73. The van der Waals surface area contributed by atoms with E-state index in [1.165, 1.54) is 4.90 Å². The molecule has 3 aliphatic rings. The quantitative estimate of drug-likeness (QED) is 0.743. The topological polar surface area (TPSA) is 59.1 Å². The molecule has 3 aliphatic heterocycles. The molecule has 158 valence electrons. The molecular weight excluding hydrogens is 390 g/mol. The molecule has 0 spiro atoms. The molecule has 7 nitrogen and oxygen atoms in total. The molecule has 3 heterocycles. The second-order valence-electron chi connectivity index (χ2n) is 8.45. The number of urea groups is 1. The number of amides is 3. The van der Waals surface area contributed by atoms with Gasteiger partial charge in [0.1, 0.15) is 18.5 Å². The van der Waals surface area contributed by atoms with Crippen LogP contribution in [0.15, 0.2) is 24.3 Å². The fourth-order valence-corrected chi connectivity index (χ4v) is 4.90. The first-order valence-electron chi connectivity index (χ1n) is 10.5. The number of benzene rings is 1. The van der Waals surface area contributed by atoms with Crippen LogP contribution in [0, 0.1) is 5.92 Å². The molecule has 3 saturated heterocycles. The number of halogens is 1. The summed E-state index contributed by atoms with van der Waals surface area (Å²) >= 11 is 6.07. The zero-order valence-corrected chi connectivity index (χ0v) is 18.1. The van der Waals surface area contributed by atoms with E-state index in [9.17, 15) is 9.59 Å². The van der Waals surface area contributed by atoms with E-state index in [0.29, 0.717) is 17.5 Å². The van der Waals surface area contributed by atoms with Crippen molar-refractivity contribution in [3.63, 3.8) is 0 Å². The molecule has 0 radical (unpaired) electrons. The Morgan fingerprint density at radius 1 is 1.14 bits per heavy atom. The number of carbonyl (C=O) groups excluding carboxylic acids is 2. The number of nitrogens with zero attached hydrogens (tertiary/aromatic N) is 4. The zero-order valence-electron chi connectivity index (χ0n) is 17.3. The second kappa shape index (κ2) is 8.13. The van der Waals surface area contributed by atoms with Gasteiger partial charge in [-0.05, 0) is 36.6 Å². The standard InChI is InChI=1S/C21H30ClN5O2/c1-4-5-6-11-25-19(28)17-18(24(3)21(25)29)23-20-26(12-14(2)13-27(17)20)16-9-7-15(22)8-10-16/h7-10,14,17-18,20,23H,4-6,11-13H2,1-3H3. The third-order valence-electron chi connectivity index (χ3n) is 6.23. The zero-order chi connectivity index (χ0) is 20.7. The highest BCUT2D eigenvalue weighted by atomic mass is 35.5. The van der Waals surface area contributed by atoms with Crippen LogP contribution in [0.1, 0.15) is 33.1 Å². The number of anilines is 1. The maximum Gasteiger partial charge on any atom is 0.327 e. The van der Waals surface area contributed by atoms with E-state index < -0.39 is 0 Å². The number of hydrogen-bond acceptors (Lipinski definition) is 5. The SMILES string of the molecule is CCCCCN1C(=O)C2C(NC3N(c4ccc(Cl)cc4)CC(C)CN23)N(C)C1=O. The molecule has 3 amide bonds. The molecule has 0 aliphatic carbocycles. The first-order valence-corrected chi connectivity index (χ1v) is 10.9. The largest absolute Gasteiger partial charge is 0.343 e. The van der Waals surface area contributed by atoms with Crippen LogP contribution in [0.4, 0.5) is 10.5 Å². The maximum atomic E-state index is 13.4. The molecule has 3 fully saturated rings. The first kappa shape index (κ1) is 20.4. The van der Waals surface area contributed by atoms with Crippen molar-refractivity contribution in [2.75, 3.05) is 31.6 Å². The van der Waals surface area contributed by atoms with Crippen molar-refractivity contribution in [2.24, 2.45) is 5.92 Å². The monoisotopic (exact) mass is 419 g/mol.